The highest BCUT2D eigenvalue weighted by atomic mass is 32.2. The average Bonchev–Trinajstić information content (AvgIpc) is 2.11. The first-order chi connectivity index (χ1) is 6.36. The second kappa shape index (κ2) is 4.03. The van der Waals surface area contributed by atoms with E-state index in [2.05, 4.69) is 11.4 Å². The summed E-state index contributed by atoms with van der Waals surface area (Å²) in [4.78, 5) is 0. The van der Waals surface area contributed by atoms with Crippen molar-refractivity contribution in [2.45, 2.75) is 12.2 Å². The predicted molar refractivity (Wildman–Crippen MR) is 56.3 cm³/mol. The lowest BCUT2D eigenvalue weighted by atomic mass is 10.2. The van der Waals surface area contributed by atoms with Crippen molar-refractivity contribution in [2.75, 3.05) is 17.6 Å². The maximum Gasteiger partial charge on any atom is 0.132 e. The maximum atomic E-state index is 11.5. The molecule has 0 fully saturated rings. The standard InChI is InChI=1S/C10H13NOS/c12-13-7-3-6-11-10-5-2-1-4-9(10)8-13/h1-2,4-5,11H,3,6-8H2. The Hall–Kier alpha value is -0.670. The molecule has 1 aromatic rings. The van der Waals surface area contributed by atoms with Crippen LogP contribution in [0.4, 0.5) is 5.69 Å². The number of anilines is 1. The van der Waals surface area contributed by atoms with Crippen LogP contribution in [0.5, 0.6) is 0 Å². The molecule has 1 aliphatic heterocycles. The van der Waals surface area contributed by atoms with Crippen molar-refractivity contribution in [3.05, 3.63) is 29.8 Å². The van der Waals surface area contributed by atoms with Crippen LogP contribution in [-0.4, -0.2) is 16.9 Å². The number of hydrogen-bond acceptors (Lipinski definition) is 2. The first-order valence-electron chi connectivity index (χ1n) is 4.53. The van der Waals surface area contributed by atoms with E-state index in [0.29, 0.717) is 5.75 Å². The van der Waals surface area contributed by atoms with Crippen LogP contribution in [0.2, 0.25) is 0 Å². The van der Waals surface area contributed by atoms with Crippen LogP contribution in [0.1, 0.15) is 12.0 Å². The molecule has 2 rings (SSSR count). The zero-order valence-electron chi connectivity index (χ0n) is 7.45. The minimum absolute atomic E-state index is 0.670. The third-order valence-electron chi connectivity index (χ3n) is 2.20. The van der Waals surface area contributed by atoms with Crippen LogP contribution in [-0.2, 0) is 16.9 Å². The van der Waals surface area contributed by atoms with Crippen molar-refractivity contribution in [2.24, 2.45) is 0 Å². The van der Waals surface area contributed by atoms with Gasteiger partial charge in [0.2, 0.25) is 0 Å². The van der Waals surface area contributed by atoms with Gasteiger partial charge in [0, 0.05) is 24.2 Å². The summed E-state index contributed by atoms with van der Waals surface area (Å²) in [5, 5.41) is 3.35. The van der Waals surface area contributed by atoms with E-state index in [1.807, 2.05) is 18.2 Å². The van der Waals surface area contributed by atoms with E-state index in [1.54, 1.807) is 0 Å². The van der Waals surface area contributed by atoms with E-state index in [4.69, 9.17) is 0 Å². The molecule has 0 radical (unpaired) electrons. The van der Waals surface area contributed by atoms with Crippen molar-refractivity contribution >= 4 is 16.9 Å². The molecule has 70 valence electrons. The molecule has 3 heteroatoms. The molecule has 0 aromatic heterocycles. The molecule has 1 heterocycles. The number of nitrogens with one attached hydrogen (secondary N) is 1. The summed E-state index contributed by atoms with van der Waals surface area (Å²) >= 11 is -0.670. The van der Waals surface area contributed by atoms with Gasteiger partial charge in [0.1, 0.15) is 11.5 Å². The Morgan fingerprint density at radius 1 is 1.31 bits per heavy atom. The van der Waals surface area contributed by atoms with Crippen LogP contribution in [0.3, 0.4) is 0 Å². The summed E-state index contributed by atoms with van der Waals surface area (Å²) in [6, 6.07) is 8.11. The lowest BCUT2D eigenvalue weighted by Gasteiger charge is -2.18. The molecule has 2 nitrogen and oxygen atoms in total. The highest BCUT2D eigenvalue weighted by molar-refractivity contribution is 7.90. The minimum Gasteiger partial charge on any atom is -0.616 e. The SMILES string of the molecule is [O-][S+]1CCCNc2ccccc2C1. The van der Waals surface area contributed by atoms with Crippen molar-refractivity contribution in [3.63, 3.8) is 0 Å². The second-order valence-electron chi connectivity index (χ2n) is 3.23. The Balaban J connectivity index is 2.25. The number of rotatable bonds is 0. The summed E-state index contributed by atoms with van der Waals surface area (Å²) < 4.78 is 11.5. The van der Waals surface area contributed by atoms with Crippen LogP contribution in [0.25, 0.3) is 0 Å². The average molecular weight is 195 g/mol. The van der Waals surface area contributed by atoms with E-state index in [-0.39, 0.29) is 0 Å². The number of para-hydroxylation sites is 1. The monoisotopic (exact) mass is 195 g/mol. The van der Waals surface area contributed by atoms with Gasteiger partial charge in [-0.25, -0.2) is 0 Å². The highest BCUT2D eigenvalue weighted by Gasteiger charge is 2.13. The first-order valence-corrected chi connectivity index (χ1v) is 6.02. The number of hydrogen-bond donors (Lipinski definition) is 1. The molecular weight excluding hydrogens is 182 g/mol. The molecule has 0 saturated carbocycles. The van der Waals surface area contributed by atoms with E-state index in [0.717, 1.165) is 24.4 Å². The smallest absolute Gasteiger partial charge is 0.132 e. The van der Waals surface area contributed by atoms with Crippen molar-refractivity contribution < 1.29 is 4.55 Å². The van der Waals surface area contributed by atoms with E-state index >= 15 is 0 Å². The Bertz CT molecular complexity index is 290. The maximum absolute atomic E-state index is 11.5. The number of fused-ring (bicyclic) bond motifs is 1. The van der Waals surface area contributed by atoms with Gasteiger partial charge in [-0.15, -0.1) is 0 Å². The Kier molecular flexibility index (Phi) is 2.76. The van der Waals surface area contributed by atoms with E-state index in [1.165, 1.54) is 5.56 Å². The second-order valence-corrected chi connectivity index (χ2v) is 4.80. The summed E-state index contributed by atoms with van der Waals surface area (Å²) in [5.74, 6) is 1.52. The predicted octanol–water partition coefficient (Wildman–Crippen LogP) is 1.75. The molecule has 1 N–H and O–H groups in total. The quantitative estimate of drug-likeness (QED) is 0.640. The molecule has 0 aliphatic carbocycles. The summed E-state index contributed by atoms with van der Waals surface area (Å²) in [7, 11) is 0. The van der Waals surface area contributed by atoms with Gasteiger partial charge in [-0.1, -0.05) is 18.2 Å². The van der Waals surface area contributed by atoms with Crippen molar-refractivity contribution in [3.8, 4) is 0 Å². The fourth-order valence-corrected chi connectivity index (χ4v) is 2.73. The van der Waals surface area contributed by atoms with Gasteiger partial charge in [0.25, 0.3) is 0 Å². The molecule has 1 atom stereocenters. The van der Waals surface area contributed by atoms with Gasteiger partial charge in [-0.05, 0) is 17.2 Å². The van der Waals surface area contributed by atoms with Gasteiger partial charge in [-0.2, -0.15) is 0 Å². The van der Waals surface area contributed by atoms with E-state index < -0.39 is 11.2 Å². The molecule has 13 heavy (non-hydrogen) atoms. The molecular formula is C10H13NOS. The Morgan fingerprint density at radius 2 is 2.15 bits per heavy atom. The van der Waals surface area contributed by atoms with Crippen LogP contribution >= 0.6 is 0 Å². The third kappa shape index (κ3) is 2.17. The van der Waals surface area contributed by atoms with Gasteiger partial charge in [0.05, 0.1) is 0 Å². The summed E-state index contributed by atoms with van der Waals surface area (Å²) in [5.41, 5.74) is 2.33. The van der Waals surface area contributed by atoms with Crippen molar-refractivity contribution in [1.82, 2.24) is 0 Å². The summed E-state index contributed by atoms with van der Waals surface area (Å²) in [6.07, 6.45) is 1.00. The third-order valence-corrected chi connectivity index (χ3v) is 3.58. The van der Waals surface area contributed by atoms with Gasteiger partial charge < -0.3 is 9.87 Å². The topological polar surface area (TPSA) is 35.1 Å². The molecule has 0 spiro atoms. The van der Waals surface area contributed by atoms with Gasteiger partial charge in [0.15, 0.2) is 0 Å². The molecule has 1 aliphatic rings. The van der Waals surface area contributed by atoms with Crippen LogP contribution in [0, 0.1) is 0 Å². The number of benzene rings is 1. The van der Waals surface area contributed by atoms with Crippen molar-refractivity contribution in [1.29, 1.82) is 0 Å². The molecule has 0 saturated heterocycles. The summed E-state index contributed by atoms with van der Waals surface area (Å²) in [6.45, 7) is 0.933. The van der Waals surface area contributed by atoms with E-state index in [9.17, 15) is 4.55 Å². The lowest BCUT2D eigenvalue weighted by Crippen LogP contribution is -2.18. The fourth-order valence-electron chi connectivity index (χ4n) is 1.52. The lowest BCUT2D eigenvalue weighted by molar-refractivity contribution is 0.591. The minimum atomic E-state index is -0.670. The molecule has 1 unspecified atom stereocenters. The normalized spacial score (nSPS) is 22.4. The zero-order valence-corrected chi connectivity index (χ0v) is 8.27. The first kappa shape index (κ1) is 8.91. The Labute approximate surface area is 81.5 Å². The molecule has 0 bridgehead atoms. The molecule has 0 amide bonds. The van der Waals surface area contributed by atoms with Gasteiger partial charge in [-0.3, -0.25) is 0 Å². The Morgan fingerprint density at radius 3 is 3.08 bits per heavy atom. The van der Waals surface area contributed by atoms with Crippen LogP contribution in [0.15, 0.2) is 24.3 Å². The fraction of sp³-hybridized carbons (Fsp3) is 0.400. The van der Waals surface area contributed by atoms with Crippen LogP contribution < -0.4 is 5.32 Å². The highest BCUT2D eigenvalue weighted by Crippen LogP contribution is 2.20. The molecule has 1 aromatic carbocycles. The van der Waals surface area contributed by atoms with Gasteiger partial charge >= 0.3 is 0 Å². The zero-order chi connectivity index (χ0) is 9.10. The largest absolute Gasteiger partial charge is 0.616 e.